The predicted molar refractivity (Wildman–Crippen MR) is 75.7 cm³/mol. The standard InChI is InChI=1S/C15H22FN3/c1-10(2)19(8-11-3-4-11)9-12-5-6-13(16)7-14(12)15(17)18/h5-7,10-11H,3-4,8-9H2,1-2H3,(H3,17,18). The van der Waals surface area contributed by atoms with Gasteiger partial charge in [0, 0.05) is 24.7 Å². The third-order valence-electron chi connectivity index (χ3n) is 3.66. The molecule has 19 heavy (non-hydrogen) atoms. The monoisotopic (exact) mass is 263 g/mol. The average Bonchev–Trinajstić information content (AvgIpc) is 3.13. The summed E-state index contributed by atoms with van der Waals surface area (Å²) < 4.78 is 13.3. The lowest BCUT2D eigenvalue weighted by molar-refractivity contribution is 0.203. The van der Waals surface area contributed by atoms with Crippen LogP contribution in [-0.2, 0) is 6.54 Å². The van der Waals surface area contributed by atoms with Crippen LogP contribution < -0.4 is 5.73 Å². The van der Waals surface area contributed by atoms with E-state index in [0.717, 1.165) is 24.6 Å². The molecule has 0 atom stereocenters. The Labute approximate surface area is 114 Å². The van der Waals surface area contributed by atoms with Gasteiger partial charge in [0.15, 0.2) is 0 Å². The molecule has 0 aromatic heterocycles. The van der Waals surface area contributed by atoms with Crippen LogP contribution in [0.25, 0.3) is 0 Å². The summed E-state index contributed by atoms with van der Waals surface area (Å²) in [5, 5.41) is 7.57. The lowest BCUT2D eigenvalue weighted by Crippen LogP contribution is -2.33. The Hall–Kier alpha value is -1.42. The smallest absolute Gasteiger partial charge is 0.123 e. The van der Waals surface area contributed by atoms with E-state index in [4.69, 9.17) is 11.1 Å². The van der Waals surface area contributed by atoms with Gasteiger partial charge in [-0.15, -0.1) is 0 Å². The maximum absolute atomic E-state index is 13.3. The molecule has 0 spiro atoms. The van der Waals surface area contributed by atoms with Crippen molar-refractivity contribution in [3.05, 3.63) is 35.1 Å². The summed E-state index contributed by atoms with van der Waals surface area (Å²) in [6.45, 7) is 6.13. The second-order valence-electron chi connectivity index (χ2n) is 5.68. The molecule has 0 saturated heterocycles. The lowest BCUT2D eigenvalue weighted by atomic mass is 10.0. The van der Waals surface area contributed by atoms with Crippen molar-refractivity contribution < 1.29 is 4.39 Å². The highest BCUT2D eigenvalue weighted by Gasteiger charge is 2.26. The first-order valence-electron chi connectivity index (χ1n) is 6.84. The molecule has 104 valence electrons. The minimum absolute atomic E-state index is 0.0652. The zero-order valence-corrected chi connectivity index (χ0v) is 11.6. The SMILES string of the molecule is CC(C)N(Cc1ccc(F)cc1C(=N)N)CC1CC1. The number of nitrogens with one attached hydrogen (secondary N) is 1. The Bertz CT molecular complexity index is 466. The first-order valence-corrected chi connectivity index (χ1v) is 6.84. The fourth-order valence-electron chi connectivity index (χ4n) is 2.25. The number of nitrogen functional groups attached to an aromatic ring is 1. The third-order valence-corrected chi connectivity index (χ3v) is 3.66. The number of hydrogen-bond donors (Lipinski definition) is 2. The Morgan fingerprint density at radius 3 is 2.68 bits per heavy atom. The van der Waals surface area contributed by atoms with Gasteiger partial charge in [-0.1, -0.05) is 6.07 Å². The molecule has 0 unspecified atom stereocenters. The van der Waals surface area contributed by atoms with Gasteiger partial charge in [0.2, 0.25) is 0 Å². The molecule has 0 radical (unpaired) electrons. The highest BCUT2D eigenvalue weighted by Crippen LogP contribution is 2.31. The summed E-state index contributed by atoms with van der Waals surface area (Å²) in [7, 11) is 0. The van der Waals surface area contributed by atoms with E-state index in [-0.39, 0.29) is 11.7 Å². The van der Waals surface area contributed by atoms with E-state index >= 15 is 0 Å². The summed E-state index contributed by atoms with van der Waals surface area (Å²) >= 11 is 0. The number of amidine groups is 1. The zero-order valence-electron chi connectivity index (χ0n) is 11.6. The van der Waals surface area contributed by atoms with Crippen LogP contribution in [0, 0.1) is 17.1 Å². The molecule has 0 amide bonds. The van der Waals surface area contributed by atoms with Crippen LogP contribution in [0.2, 0.25) is 0 Å². The zero-order chi connectivity index (χ0) is 14.0. The van der Waals surface area contributed by atoms with Crippen molar-refractivity contribution >= 4 is 5.84 Å². The number of hydrogen-bond acceptors (Lipinski definition) is 2. The molecule has 1 aliphatic carbocycles. The Morgan fingerprint density at radius 1 is 1.47 bits per heavy atom. The van der Waals surface area contributed by atoms with Crippen LogP contribution in [0.1, 0.15) is 37.8 Å². The maximum Gasteiger partial charge on any atom is 0.123 e. The first-order chi connectivity index (χ1) is 8.97. The molecule has 0 bridgehead atoms. The minimum atomic E-state index is -0.341. The van der Waals surface area contributed by atoms with Crippen LogP contribution in [-0.4, -0.2) is 23.3 Å². The van der Waals surface area contributed by atoms with Gasteiger partial charge in [-0.3, -0.25) is 10.3 Å². The van der Waals surface area contributed by atoms with Crippen molar-refractivity contribution in [2.75, 3.05) is 6.54 Å². The van der Waals surface area contributed by atoms with E-state index in [1.54, 1.807) is 6.07 Å². The van der Waals surface area contributed by atoms with Crippen molar-refractivity contribution in [1.29, 1.82) is 5.41 Å². The van der Waals surface area contributed by atoms with Gasteiger partial charge in [0.25, 0.3) is 0 Å². The van der Waals surface area contributed by atoms with Crippen molar-refractivity contribution in [3.63, 3.8) is 0 Å². The summed E-state index contributed by atoms with van der Waals surface area (Å²) in [6.07, 6.45) is 2.62. The number of nitrogens with zero attached hydrogens (tertiary/aromatic N) is 1. The largest absolute Gasteiger partial charge is 0.384 e. The van der Waals surface area contributed by atoms with E-state index in [0.29, 0.717) is 11.6 Å². The van der Waals surface area contributed by atoms with Gasteiger partial charge in [-0.05, 0) is 50.3 Å². The first kappa shape index (κ1) is 14.0. The second-order valence-corrected chi connectivity index (χ2v) is 5.68. The highest BCUT2D eigenvalue weighted by molar-refractivity contribution is 5.96. The van der Waals surface area contributed by atoms with Gasteiger partial charge >= 0.3 is 0 Å². The molecule has 0 heterocycles. The van der Waals surface area contributed by atoms with Crippen LogP contribution in [0.3, 0.4) is 0 Å². The average molecular weight is 263 g/mol. The molecule has 3 N–H and O–H groups in total. The van der Waals surface area contributed by atoms with Crippen LogP contribution in [0.15, 0.2) is 18.2 Å². The number of benzene rings is 1. The maximum atomic E-state index is 13.3. The molecule has 1 aliphatic rings. The Balaban J connectivity index is 2.17. The second kappa shape index (κ2) is 5.70. The van der Waals surface area contributed by atoms with E-state index in [1.165, 1.54) is 25.0 Å². The normalized spacial score (nSPS) is 15.2. The van der Waals surface area contributed by atoms with Crippen LogP contribution in [0.4, 0.5) is 4.39 Å². The molecule has 4 heteroatoms. The van der Waals surface area contributed by atoms with E-state index in [2.05, 4.69) is 18.7 Å². The van der Waals surface area contributed by atoms with E-state index in [1.807, 2.05) is 0 Å². The van der Waals surface area contributed by atoms with Gasteiger partial charge in [0.1, 0.15) is 11.7 Å². The van der Waals surface area contributed by atoms with Gasteiger partial charge in [0.05, 0.1) is 0 Å². The summed E-state index contributed by atoms with van der Waals surface area (Å²) in [4.78, 5) is 2.37. The number of rotatable bonds is 6. The number of nitrogens with two attached hydrogens (primary N) is 1. The topological polar surface area (TPSA) is 53.1 Å². The van der Waals surface area contributed by atoms with E-state index in [9.17, 15) is 4.39 Å². The van der Waals surface area contributed by atoms with Crippen LogP contribution >= 0.6 is 0 Å². The van der Waals surface area contributed by atoms with Gasteiger partial charge < -0.3 is 5.73 Å². The molecule has 0 aliphatic heterocycles. The fourth-order valence-corrected chi connectivity index (χ4v) is 2.25. The van der Waals surface area contributed by atoms with Crippen molar-refractivity contribution in [1.82, 2.24) is 4.90 Å². The quantitative estimate of drug-likeness (QED) is 0.612. The molecule has 1 aromatic rings. The third kappa shape index (κ3) is 3.77. The van der Waals surface area contributed by atoms with Gasteiger partial charge in [-0.25, -0.2) is 4.39 Å². The van der Waals surface area contributed by atoms with Crippen LogP contribution in [0.5, 0.6) is 0 Å². The molecule has 2 rings (SSSR count). The van der Waals surface area contributed by atoms with Crippen molar-refractivity contribution in [2.45, 2.75) is 39.3 Å². The lowest BCUT2D eigenvalue weighted by Gasteiger charge is -2.27. The number of halogens is 1. The summed E-state index contributed by atoms with van der Waals surface area (Å²) in [6, 6.07) is 4.98. The predicted octanol–water partition coefficient (Wildman–Crippen LogP) is 2.73. The fraction of sp³-hybridized carbons (Fsp3) is 0.533. The molecule has 1 aromatic carbocycles. The molecular weight excluding hydrogens is 241 g/mol. The van der Waals surface area contributed by atoms with E-state index < -0.39 is 0 Å². The highest BCUT2D eigenvalue weighted by atomic mass is 19.1. The molecular formula is C15H22FN3. The molecule has 3 nitrogen and oxygen atoms in total. The van der Waals surface area contributed by atoms with Gasteiger partial charge in [-0.2, -0.15) is 0 Å². The molecule has 1 saturated carbocycles. The summed E-state index contributed by atoms with van der Waals surface area (Å²) in [5.74, 6) is 0.403. The minimum Gasteiger partial charge on any atom is -0.384 e. The summed E-state index contributed by atoms with van der Waals surface area (Å²) in [5.41, 5.74) is 7.00. The Morgan fingerprint density at radius 2 is 2.16 bits per heavy atom. The molecule has 1 fully saturated rings. The Kier molecular flexibility index (Phi) is 4.20. The van der Waals surface area contributed by atoms with Crippen molar-refractivity contribution in [2.24, 2.45) is 11.7 Å². The van der Waals surface area contributed by atoms with Crippen molar-refractivity contribution in [3.8, 4) is 0 Å².